The zero-order chi connectivity index (χ0) is 14.2. The fourth-order valence-electron chi connectivity index (χ4n) is 1.75. The van der Waals surface area contributed by atoms with Crippen molar-refractivity contribution < 1.29 is 9.47 Å². The van der Waals surface area contributed by atoms with Crippen LogP contribution in [0.25, 0.3) is 5.69 Å². The highest BCUT2D eigenvalue weighted by atomic mass is 16.7. The molecule has 0 saturated carbocycles. The van der Waals surface area contributed by atoms with Gasteiger partial charge in [-0.05, 0) is 36.4 Å². The van der Waals surface area contributed by atoms with Crippen molar-refractivity contribution in [3.05, 3.63) is 30.3 Å². The SMILES string of the molecule is CCOC(CNc1nnnn1-c1ccccc1)OCC. The first-order valence-corrected chi connectivity index (χ1v) is 6.66. The van der Waals surface area contributed by atoms with Crippen LogP contribution >= 0.6 is 0 Å². The molecule has 1 N–H and O–H groups in total. The molecule has 0 unspecified atom stereocenters. The number of anilines is 1. The zero-order valence-electron chi connectivity index (χ0n) is 11.7. The minimum atomic E-state index is -0.314. The number of tetrazole rings is 1. The predicted octanol–water partition coefficient (Wildman–Crippen LogP) is 1.47. The molecule has 0 saturated heterocycles. The van der Waals surface area contributed by atoms with Crippen molar-refractivity contribution in [2.75, 3.05) is 25.1 Å². The Kier molecular flexibility index (Phi) is 5.45. The van der Waals surface area contributed by atoms with Gasteiger partial charge in [0.15, 0.2) is 6.29 Å². The summed E-state index contributed by atoms with van der Waals surface area (Å²) >= 11 is 0. The number of nitrogens with one attached hydrogen (secondary N) is 1. The van der Waals surface area contributed by atoms with Crippen LogP contribution in [-0.4, -0.2) is 46.3 Å². The maximum Gasteiger partial charge on any atom is 0.247 e. The highest BCUT2D eigenvalue weighted by molar-refractivity contribution is 5.38. The lowest BCUT2D eigenvalue weighted by Gasteiger charge is -2.17. The number of hydrogen-bond acceptors (Lipinski definition) is 6. The minimum Gasteiger partial charge on any atom is -0.351 e. The second-order valence-electron chi connectivity index (χ2n) is 3.97. The third-order valence-electron chi connectivity index (χ3n) is 2.60. The summed E-state index contributed by atoms with van der Waals surface area (Å²) in [6.45, 7) is 5.53. The van der Waals surface area contributed by atoms with E-state index in [1.54, 1.807) is 4.68 Å². The molecule has 0 amide bonds. The smallest absolute Gasteiger partial charge is 0.247 e. The summed E-state index contributed by atoms with van der Waals surface area (Å²) in [4.78, 5) is 0. The summed E-state index contributed by atoms with van der Waals surface area (Å²) in [6, 6.07) is 9.68. The van der Waals surface area contributed by atoms with Crippen LogP contribution in [0, 0.1) is 0 Å². The van der Waals surface area contributed by atoms with Crippen LogP contribution in [0.4, 0.5) is 5.95 Å². The molecule has 1 aromatic carbocycles. The maximum atomic E-state index is 5.46. The van der Waals surface area contributed by atoms with Crippen LogP contribution in [0.1, 0.15) is 13.8 Å². The summed E-state index contributed by atoms with van der Waals surface area (Å²) < 4.78 is 12.6. The van der Waals surface area contributed by atoms with Crippen LogP contribution in [0.5, 0.6) is 0 Å². The monoisotopic (exact) mass is 277 g/mol. The fraction of sp³-hybridized carbons (Fsp3) is 0.462. The van der Waals surface area contributed by atoms with Gasteiger partial charge in [-0.2, -0.15) is 4.68 Å². The first-order valence-electron chi connectivity index (χ1n) is 6.66. The van der Waals surface area contributed by atoms with Gasteiger partial charge in [-0.1, -0.05) is 23.3 Å². The number of ether oxygens (including phenoxy) is 2. The molecular formula is C13H19N5O2. The van der Waals surface area contributed by atoms with Crippen LogP contribution in [0.2, 0.25) is 0 Å². The highest BCUT2D eigenvalue weighted by Crippen LogP contribution is 2.10. The van der Waals surface area contributed by atoms with Gasteiger partial charge in [0.05, 0.1) is 12.2 Å². The van der Waals surface area contributed by atoms with Crippen molar-refractivity contribution in [2.45, 2.75) is 20.1 Å². The number of benzene rings is 1. The lowest BCUT2D eigenvalue weighted by atomic mass is 10.3. The molecule has 0 radical (unpaired) electrons. The van der Waals surface area contributed by atoms with E-state index in [-0.39, 0.29) is 6.29 Å². The van der Waals surface area contributed by atoms with E-state index < -0.39 is 0 Å². The highest BCUT2D eigenvalue weighted by Gasteiger charge is 2.12. The number of rotatable bonds is 8. The Balaban J connectivity index is 2.02. The van der Waals surface area contributed by atoms with E-state index in [1.807, 2.05) is 44.2 Å². The maximum absolute atomic E-state index is 5.46. The van der Waals surface area contributed by atoms with Crippen LogP contribution in [-0.2, 0) is 9.47 Å². The number of nitrogens with zero attached hydrogens (tertiary/aromatic N) is 4. The Morgan fingerprint density at radius 1 is 1.15 bits per heavy atom. The van der Waals surface area contributed by atoms with Gasteiger partial charge in [0.25, 0.3) is 0 Å². The van der Waals surface area contributed by atoms with Crippen LogP contribution < -0.4 is 5.32 Å². The Hall–Kier alpha value is -1.99. The molecule has 0 aliphatic rings. The summed E-state index contributed by atoms with van der Waals surface area (Å²) in [5.74, 6) is 0.556. The van der Waals surface area contributed by atoms with Gasteiger partial charge in [-0.25, -0.2) is 0 Å². The summed E-state index contributed by atoms with van der Waals surface area (Å²) in [7, 11) is 0. The average molecular weight is 277 g/mol. The topological polar surface area (TPSA) is 74.1 Å². The van der Waals surface area contributed by atoms with Crippen molar-refractivity contribution in [3.63, 3.8) is 0 Å². The average Bonchev–Trinajstić information content (AvgIpc) is 2.94. The van der Waals surface area contributed by atoms with Gasteiger partial charge in [-0.15, -0.1) is 0 Å². The Bertz CT molecular complexity index is 496. The minimum absolute atomic E-state index is 0.314. The van der Waals surface area contributed by atoms with E-state index in [9.17, 15) is 0 Å². The van der Waals surface area contributed by atoms with E-state index in [2.05, 4.69) is 20.8 Å². The summed E-state index contributed by atoms with van der Waals surface area (Å²) in [5.41, 5.74) is 0.893. The first-order chi connectivity index (χ1) is 9.85. The number of para-hydroxylation sites is 1. The molecule has 20 heavy (non-hydrogen) atoms. The standard InChI is InChI=1S/C13H19N5O2/c1-3-19-12(20-4-2)10-14-13-15-16-17-18(13)11-8-6-5-7-9-11/h5-9,12H,3-4,10H2,1-2H3,(H,14,15,17). The van der Waals surface area contributed by atoms with Gasteiger partial charge in [0.2, 0.25) is 5.95 Å². The second-order valence-corrected chi connectivity index (χ2v) is 3.97. The third kappa shape index (κ3) is 3.75. The molecule has 0 fully saturated rings. The number of hydrogen-bond donors (Lipinski definition) is 1. The van der Waals surface area contributed by atoms with Crippen LogP contribution in [0.15, 0.2) is 30.3 Å². The zero-order valence-corrected chi connectivity index (χ0v) is 11.7. The molecule has 0 atom stereocenters. The van der Waals surface area contributed by atoms with E-state index in [4.69, 9.17) is 9.47 Å². The molecule has 0 spiro atoms. The Labute approximate surface area is 117 Å². The lowest BCUT2D eigenvalue weighted by Crippen LogP contribution is -2.27. The fourth-order valence-corrected chi connectivity index (χ4v) is 1.75. The molecule has 1 aromatic heterocycles. The second kappa shape index (κ2) is 7.56. The summed E-state index contributed by atoms with van der Waals surface area (Å²) in [5, 5.41) is 14.8. The molecular weight excluding hydrogens is 258 g/mol. The molecule has 7 heteroatoms. The van der Waals surface area contributed by atoms with Gasteiger partial charge < -0.3 is 14.8 Å². The van der Waals surface area contributed by atoms with E-state index in [1.165, 1.54) is 0 Å². The quantitative estimate of drug-likeness (QED) is 0.737. The normalized spacial score (nSPS) is 10.9. The van der Waals surface area contributed by atoms with Gasteiger partial charge >= 0.3 is 0 Å². The van der Waals surface area contributed by atoms with Gasteiger partial charge in [0.1, 0.15) is 0 Å². The molecule has 0 bridgehead atoms. The molecule has 7 nitrogen and oxygen atoms in total. The molecule has 0 aliphatic carbocycles. The van der Waals surface area contributed by atoms with Gasteiger partial charge in [-0.3, -0.25) is 0 Å². The summed E-state index contributed by atoms with van der Waals surface area (Å²) in [6.07, 6.45) is -0.314. The molecule has 2 rings (SSSR count). The van der Waals surface area contributed by atoms with Crippen LogP contribution in [0.3, 0.4) is 0 Å². The predicted molar refractivity (Wildman–Crippen MR) is 74.7 cm³/mol. The molecule has 0 aliphatic heterocycles. The molecule has 1 heterocycles. The van der Waals surface area contributed by atoms with Crippen molar-refractivity contribution in [3.8, 4) is 5.69 Å². The Morgan fingerprint density at radius 3 is 2.50 bits per heavy atom. The van der Waals surface area contributed by atoms with E-state index in [0.29, 0.717) is 25.7 Å². The third-order valence-corrected chi connectivity index (χ3v) is 2.60. The molecule has 108 valence electrons. The first kappa shape index (κ1) is 14.4. The van der Waals surface area contributed by atoms with Crippen molar-refractivity contribution in [2.24, 2.45) is 0 Å². The van der Waals surface area contributed by atoms with E-state index in [0.717, 1.165) is 5.69 Å². The van der Waals surface area contributed by atoms with Gasteiger partial charge in [0, 0.05) is 13.2 Å². The largest absolute Gasteiger partial charge is 0.351 e. The van der Waals surface area contributed by atoms with Crippen molar-refractivity contribution >= 4 is 5.95 Å². The molecule has 2 aromatic rings. The number of aromatic nitrogens is 4. The van der Waals surface area contributed by atoms with E-state index >= 15 is 0 Å². The van der Waals surface area contributed by atoms with Crippen molar-refractivity contribution in [1.29, 1.82) is 0 Å². The Morgan fingerprint density at radius 2 is 1.85 bits per heavy atom. The lowest BCUT2D eigenvalue weighted by molar-refractivity contribution is -0.126. The van der Waals surface area contributed by atoms with Crippen molar-refractivity contribution in [1.82, 2.24) is 20.2 Å².